The molecule has 1 fully saturated rings. The van der Waals surface area contributed by atoms with Gasteiger partial charge >= 0.3 is 0 Å². The Labute approximate surface area is 143 Å². The van der Waals surface area contributed by atoms with E-state index in [2.05, 4.69) is 37.9 Å². The average molecular weight is 343 g/mol. The SMILES string of the molecule is CC(C)(C)c1ccc(/C=C2\SC(=N)N(c3nccs3)C2=O)cc1. The van der Waals surface area contributed by atoms with Crippen molar-refractivity contribution in [1.29, 1.82) is 5.41 Å². The van der Waals surface area contributed by atoms with Crippen molar-refractivity contribution in [2.75, 3.05) is 4.90 Å². The van der Waals surface area contributed by atoms with Crippen LogP contribution in [0.2, 0.25) is 0 Å². The molecule has 1 aromatic carbocycles. The van der Waals surface area contributed by atoms with Gasteiger partial charge in [0.1, 0.15) is 0 Å². The smallest absolute Gasteiger partial charge is 0.273 e. The minimum atomic E-state index is -0.185. The molecule has 1 saturated heterocycles. The fourth-order valence-corrected chi connectivity index (χ4v) is 3.76. The van der Waals surface area contributed by atoms with Gasteiger partial charge < -0.3 is 0 Å². The first-order chi connectivity index (χ1) is 10.9. The van der Waals surface area contributed by atoms with Crippen LogP contribution in [0.1, 0.15) is 31.9 Å². The minimum absolute atomic E-state index is 0.105. The summed E-state index contributed by atoms with van der Waals surface area (Å²) in [5, 5.41) is 10.6. The van der Waals surface area contributed by atoms with Crippen LogP contribution in [0.4, 0.5) is 5.13 Å². The molecule has 1 aliphatic heterocycles. The van der Waals surface area contributed by atoms with Gasteiger partial charge in [0.25, 0.3) is 5.91 Å². The molecule has 0 bridgehead atoms. The van der Waals surface area contributed by atoms with Gasteiger partial charge in [0.05, 0.1) is 4.91 Å². The third-order valence-electron chi connectivity index (χ3n) is 3.51. The summed E-state index contributed by atoms with van der Waals surface area (Å²) in [6.45, 7) is 6.51. The summed E-state index contributed by atoms with van der Waals surface area (Å²) in [7, 11) is 0. The number of carbonyl (C=O) groups excluding carboxylic acids is 1. The molecule has 6 heteroatoms. The van der Waals surface area contributed by atoms with Gasteiger partial charge in [-0.05, 0) is 34.4 Å². The molecule has 2 heterocycles. The molecule has 0 radical (unpaired) electrons. The zero-order valence-corrected chi connectivity index (χ0v) is 14.8. The number of hydrogen-bond acceptors (Lipinski definition) is 5. The highest BCUT2D eigenvalue weighted by Gasteiger charge is 2.34. The van der Waals surface area contributed by atoms with Gasteiger partial charge in [0, 0.05) is 11.6 Å². The van der Waals surface area contributed by atoms with Crippen LogP contribution in [0.15, 0.2) is 40.7 Å². The van der Waals surface area contributed by atoms with Crippen LogP contribution >= 0.6 is 23.1 Å². The lowest BCUT2D eigenvalue weighted by Gasteiger charge is -2.18. The molecule has 118 valence electrons. The number of nitrogens with zero attached hydrogens (tertiary/aromatic N) is 2. The number of anilines is 1. The van der Waals surface area contributed by atoms with Gasteiger partial charge in [-0.3, -0.25) is 10.2 Å². The molecule has 23 heavy (non-hydrogen) atoms. The number of aromatic nitrogens is 1. The average Bonchev–Trinajstić information content (AvgIpc) is 3.08. The number of amides is 1. The van der Waals surface area contributed by atoms with E-state index in [-0.39, 0.29) is 16.5 Å². The van der Waals surface area contributed by atoms with Crippen molar-refractivity contribution in [1.82, 2.24) is 4.98 Å². The second-order valence-electron chi connectivity index (χ2n) is 6.24. The van der Waals surface area contributed by atoms with Crippen molar-refractivity contribution in [3.8, 4) is 0 Å². The lowest BCUT2D eigenvalue weighted by molar-refractivity contribution is -0.113. The Morgan fingerprint density at radius 3 is 2.48 bits per heavy atom. The predicted octanol–water partition coefficient (Wildman–Crippen LogP) is 4.50. The summed E-state index contributed by atoms with van der Waals surface area (Å²) in [4.78, 5) is 18.5. The lowest BCUT2D eigenvalue weighted by Crippen LogP contribution is -2.27. The fourth-order valence-electron chi connectivity index (χ4n) is 2.22. The van der Waals surface area contributed by atoms with E-state index in [0.717, 1.165) is 5.56 Å². The maximum Gasteiger partial charge on any atom is 0.273 e. The molecule has 1 aliphatic rings. The zero-order valence-electron chi connectivity index (χ0n) is 13.2. The van der Waals surface area contributed by atoms with Crippen LogP contribution in [-0.4, -0.2) is 16.1 Å². The van der Waals surface area contributed by atoms with E-state index < -0.39 is 0 Å². The molecule has 1 N–H and O–H groups in total. The van der Waals surface area contributed by atoms with E-state index in [1.165, 1.54) is 33.6 Å². The first-order valence-corrected chi connectivity index (χ1v) is 8.88. The number of amidine groups is 1. The Balaban J connectivity index is 1.86. The van der Waals surface area contributed by atoms with Crippen LogP contribution in [0.25, 0.3) is 6.08 Å². The first kappa shape index (κ1) is 16.0. The number of nitrogens with one attached hydrogen (secondary N) is 1. The van der Waals surface area contributed by atoms with Crippen molar-refractivity contribution in [3.63, 3.8) is 0 Å². The topological polar surface area (TPSA) is 57.1 Å². The highest BCUT2D eigenvalue weighted by Crippen LogP contribution is 2.36. The van der Waals surface area contributed by atoms with Crippen LogP contribution < -0.4 is 4.90 Å². The Morgan fingerprint density at radius 2 is 1.91 bits per heavy atom. The van der Waals surface area contributed by atoms with Crippen LogP contribution in [0.3, 0.4) is 0 Å². The maximum atomic E-state index is 12.5. The second kappa shape index (κ2) is 5.94. The lowest BCUT2D eigenvalue weighted by atomic mass is 9.87. The Kier molecular flexibility index (Phi) is 4.12. The molecule has 2 aromatic rings. The summed E-state index contributed by atoms with van der Waals surface area (Å²) >= 11 is 2.53. The van der Waals surface area contributed by atoms with Gasteiger partial charge in [0.2, 0.25) is 0 Å². The number of carbonyl (C=O) groups is 1. The van der Waals surface area contributed by atoms with Crippen molar-refractivity contribution in [2.24, 2.45) is 0 Å². The Morgan fingerprint density at radius 1 is 1.22 bits per heavy atom. The van der Waals surface area contributed by atoms with Crippen LogP contribution in [-0.2, 0) is 10.2 Å². The molecule has 0 atom stereocenters. The van der Waals surface area contributed by atoms with E-state index in [1.54, 1.807) is 11.6 Å². The molecule has 0 aliphatic carbocycles. The number of thioether (sulfide) groups is 1. The maximum absolute atomic E-state index is 12.5. The van der Waals surface area contributed by atoms with Gasteiger partial charge in [-0.15, -0.1) is 11.3 Å². The molecule has 0 spiro atoms. The summed E-state index contributed by atoms with van der Waals surface area (Å²) in [6.07, 6.45) is 3.47. The minimum Gasteiger partial charge on any atom is -0.278 e. The quantitative estimate of drug-likeness (QED) is 0.817. The van der Waals surface area contributed by atoms with E-state index in [9.17, 15) is 4.79 Å². The second-order valence-corrected chi connectivity index (χ2v) is 8.15. The van der Waals surface area contributed by atoms with Gasteiger partial charge in [-0.25, -0.2) is 9.88 Å². The predicted molar refractivity (Wildman–Crippen MR) is 98.0 cm³/mol. The standard InChI is InChI=1S/C17H17N3OS2/c1-17(2,3)12-6-4-11(5-7-12)10-13-14(21)20(15(18)23-13)16-19-8-9-22-16/h4-10,18H,1-3H3/b13-10-,18-15?. The van der Waals surface area contributed by atoms with E-state index in [1.807, 2.05) is 18.2 Å². The molecule has 1 aromatic heterocycles. The van der Waals surface area contributed by atoms with E-state index in [4.69, 9.17) is 5.41 Å². The van der Waals surface area contributed by atoms with Gasteiger partial charge in [-0.2, -0.15) is 0 Å². The Bertz CT molecular complexity index is 771. The number of benzene rings is 1. The Hall–Kier alpha value is -1.92. The summed E-state index contributed by atoms with van der Waals surface area (Å²) in [5.41, 5.74) is 2.32. The fraction of sp³-hybridized carbons (Fsp3) is 0.235. The van der Waals surface area contributed by atoms with Crippen LogP contribution in [0, 0.1) is 5.41 Å². The molecule has 3 rings (SSSR count). The van der Waals surface area contributed by atoms with E-state index in [0.29, 0.717) is 10.0 Å². The van der Waals surface area contributed by atoms with Crippen molar-refractivity contribution in [3.05, 3.63) is 51.9 Å². The monoisotopic (exact) mass is 343 g/mol. The molecular weight excluding hydrogens is 326 g/mol. The van der Waals surface area contributed by atoms with Crippen molar-refractivity contribution in [2.45, 2.75) is 26.2 Å². The first-order valence-electron chi connectivity index (χ1n) is 7.19. The highest BCUT2D eigenvalue weighted by molar-refractivity contribution is 8.19. The summed E-state index contributed by atoms with van der Waals surface area (Å²) < 4.78 is 0. The third kappa shape index (κ3) is 3.23. The molecular formula is C17H17N3OS2. The zero-order chi connectivity index (χ0) is 16.6. The normalized spacial score (nSPS) is 17.3. The van der Waals surface area contributed by atoms with Crippen molar-refractivity contribution < 1.29 is 4.79 Å². The highest BCUT2D eigenvalue weighted by atomic mass is 32.2. The largest absolute Gasteiger partial charge is 0.278 e. The third-order valence-corrected chi connectivity index (χ3v) is 5.15. The number of rotatable bonds is 2. The van der Waals surface area contributed by atoms with Gasteiger partial charge in [0.15, 0.2) is 10.3 Å². The molecule has 1 amide bonds. The van der Waals surface area contributed by atoms with Crippen molar-refractivity contribution >= 4 is 45.4 Å². The van der Waals surface area contributed by atoms with Gasteiger partial charge in [-0.1, -0.05) is 45.0 Å². The van der Waals surface area contributed by atoms with Crippen LogP contribution in [0.5, 0.6) is 0 Å². The number of hydrogen-bond donors (Lipinski definition) is 1. The summed E-state index contributed by atoms with van der Waals surface area (Å²) in [5.74, 6) is -0.185. The molecule has 0 saturated carbocycles. The van der Waals surface area contributed by atoms with E-state index >= 15 is 0 Å². The molecule has 0 unspecified atom stereocenters. The molecule has 4 nitrogen and oxygen atoms in total. The number of thiazole rings is 1. The summed E-state index contributed by atoms with van der Waals surface area (Å²) in [6, 6.07) is 8.19.